The molecule has 0 bridgehead atoms. The molecule has 1 heterocycles. The van der Waals surface area contributed by atoms with Crippen molar-refractivity contribution in [1.82, 2.24) is 15.1 Å². The number of halogens is 1. The molecule has 18 heavy (non-hydrogen) atoms. The lowest BCUT2D eigenvalue weighted by Crippen LogP contribution is -2.50. The number of carboxylic acid groups (broad SMARTS) is 1. The summed E-state index contributed by atoms with van der Waals surface area (Å²) in [6.07, 6.45) is 3.08. The molecule has 0 amide bonds. The van der Waals surface area contributed by atoms with Crippen molar-refractivity contribution in [3.8, 4) is 0 Å². The highest BCUT2D eigenvalue weighted by Crippen LogP contribution is 2.15. The van der Waals surface area contributed by atoms with Gasteiger partial charge in [-0.3, -0.25) is 9.48 Å². The van der Waals surface area contributed by atoms with Crippen LogP contribution in [0.1, 0.15) is 32.4 Å². The maximum absolute atomic E-state index is 11.3. The fourth-order valence-electron chi connectivity index (χ4n) is 1.62. The second-order valence-electron chi connectivity index (χ2n) is 4.64. The van der Waals surface area contributed by atoms with Crippen LogP contribution in [-0.4, -0.2) is 32.9 Å². The van der Waals surface area contributed by atoms with Crippen molar-refractivity contribution >= 4 is 17.6 Å². The average Bonchev–Trinajstić information content (AvgIpc) is 2.63. The van der Waals surface area contributed by atoms with E-state index in [1.165, 1.54) is 0 Å². The summed E-state index contributed by atoms with van der Waals surface area (Å²) in [5.41, 5.74) is -0.169. The molecule has 0 saturated carbocycles. The maximum atomic E-state index is 11.3. The lowest BCUT2D eigenvalue weighted by molar-refractivity contribution is -0.144. The van der Waals surface area contributed by atoms with Gasteiger partial charge in [-0.1, -0.05) is 18.5 Å². The van der Waals surface area contributed by atoms with Gasteiger partial charge < -0.3 is 10.4 Å². The van der Waals surface area contributed by atoms with E-state index < -0.39 is 11.5 Å². The summed E-state index contributed by atoms with van der Waals surface area (Å²) in [5.74, 6) is -0.842. The van der Waals surface area contributed by atoms with Gasteiger partial charge in [-0.05, 0) is 33.2 Å². The van der Waals surface area contributed by atoms with E-state index in [0.717, 1.165) is 12.1 Å². The smallest absolute Gasteiger partial charge is 0.323 e. The summed E-state index contributed by atoms with van der Waals surface area (Å²) < 4.78 is 1.69. The molecule has 1 rings (SSSR count). The number of aryl methyl sites for hydroxylation is 2. The van der Waals surface area contributed by atoms with Gasteiger partial charge in [-0.25, -0.2) is 0 Å². The Hall–Kier alpha value is -1.07. The molecule has 0 saturated heterocycles. The molecule has 0 aromatic carbocycles. The fourth-order valence-corrected chi connectivity index (χ4v) is 1.77. The molecular weight excluding hydrogens is 254 g/mol. The first-order chi connectivity index (χ1) is 8.39. The predicted octanol–water partition coefficient (Wildman–Crippen LogP) is 2.08. The Balaban J connectivity index is 2.64. The standard InChI is InChI=1S/C12H20ClN3O2/c1-4-6-14-12(3,11(17)18)5-7-16-8-10(13)9(2)15-16/h8,14H,4-7H2,1-3H3,(H,17,18). The zero-order chi connectivity index (χ0) is 13.8. The lowest BCUT2D eigenvalue weighted by atomic mass is 9.98. The topological polar surface area (TPSA) is 67.2 Å². The van der Waals surface area contributed by atoms with Gasteiger partial charge in [-0.15, -0.1) is 0 Å². The summed E-state index contributed by atoms with van der Waals surface area (Å²) in [6, 6.07) is 0. The molecule has 6 heteroatoms. The van der Waals surface area contributed by atoms with Crippen LogP contribution in [0.15, 0.2) is 6.20 Å². The molecule has 102 valence electrons. The molecule has 2 N–H and O–H groups in total. The van der Waals surface area contributed by atoms with Gasteiger partial charge in [0.2, 0.25) is 0 Å². The number of rotatable bonds is 7. The van der Waals surface area contributed by atoms with E-state index >= 15 is 0 Å². The largest absolute Gasteiger partial charge is 0.480 e. The minimum absolute atomic E-state index is 0.458. The van der Waals surface area contributed by atoms with Gasteiger partial charge in [0, 0.05) is 12.7 Å². The predicted molar refractivity (Wildman–Crippen MR) is 70.9 cm³/mol. The van der Waals surface area contributed by atoms with Gasteiger partial charge in [0.1, 0.15) is 5.54 Å². The number of hydrogen-bond acceptors (Lipinski definition) is 3. The molecule has 1 atom stereocenters. The van der Waals surface area contributed by atoms with Crippen molar-refractivity contribution in [2.24, 2.45) is 0 Å². The van der Waals surface area contributed by atoms with Gasteiger partial charge in [0.05, 0.1) is 10.7 Å². The molecule has 1 aromatic rings. The Bertz CT molecular complexity index is 400. The number of nitrogens with one attached hydrogen (secondary N) is 1. The number of carbonyl (C=O) groups is 1. The van der Waals surface area contributed by atoms with Crippen LogP contribution in [-0.2, 0) is 11.3 Å². The maximum Gasteiger partial charge on any atom is 0.323 e. The number of aliphatic carboxylic acids is 1. The monoisotopic (exact) mass is 273 g/mol. The molecule has 0 radical (unpaired) electrons. The Morgan fingerprint density at radius 3 is 2.78 bits per heavy atom. The van der Waals surface area contributed by atoms with E-state index in [1.807, 2.05) is 13.8 Å². The number of hydrogen-bond donors (Lipinski definition) is 2. The van der Waals surface area contributed by atoms with E-state index in [0.29, 0.717) is 24.5 Å². The zero-order valence-electron chi connectivity index (χ0n) is 11.0. The van der Waals surface area contributed by atoms with E-state index in [-0.39, 0.29) is 0 Å². The first-order valence-corrected chi connectivity index (χ1v) is 6.45. The van der Waals surface area contributed by atoms with E-state index in [1.54, 1.807) is 17.8 Å². The summed E-state index contributed by atoms with van der Waals surface area (Å²) in [6.45, 7) is 6.73. The van der Waals surface area contributed by atoms with E-state index in [4.69, 9.17) is 11.6 Å². The van der Waals surface area contributed by atoms with Crippen molar-refractivity contribution in [3.63, 3.8) is 0 Å². The van der Waals surface area contributed by atoms with Gasteiger partial charge >= 0.3 is 5.97 Å². The molecule has 0 aliphatic carbocycles. The van der Waals surface area contributed by atoms with Gasteiger partial charge in [-0.2, -0.15) is 5.10 Å². The normalized spacial score (nSPS) is 14.4. The van der Waals surface area contributed by atoms with Gasteiger partial charge in [0.25, 0.3) is 0 Å². The summed E-state index contributed by atoms with van der Waals surface area (Å²) in [4.78, 5) is 11.3. The summed E-state index contributed by atoms with van der Waals surface area (Å²) >= 11 is 5.91. The summed E-state index contributed by atoms with van der Waals surface area (Å²) in [5, 5.41) is 17.2. The Morgan fingerprint density at radius 1 is 1.67 bits per heavy atom. The Labute approximate surface area is 112 Å². The van der Waals surface area contributed by atoms with E-state index in [9.17, 15) is 9.90 Å². The van der Waals surface area contributed by atoms with Crippen molar-refractivity contribution in [2.75, 3.05) is 6.54 Å². The van der Waals surface area contributed by atoms with Crippen LogP contribution >= 0.6 is 11.6 Å². The van der Waals surface area contributed by atoms with Crippen LogP contribution in [0.4, 0.5) is 0 Å². The Kier molecular flexibility index (Phi) is 5.16. The van der Waals surface area contributed by atoms with Crippen LogP contribution in [0.5, 0.6) is 0 Å². The molecular formula is C12H20ClN3O2. The molecule has 0 aliphatic heterocycles. The minimum atomic E-state index is -0.928. The molecule has 0 fully saturated rings. The van der Waals surface area contributed by atoms with Crippen molar-refractivity contribution < 1.29 is 9.90 Å². The van der Waals surface area contributed by atoms with Crippen LogP contribution < -0.4 is 5.32 Å². The third-order valence-electron chi connectivity index (χ3n) is 2.96. The van der Waals surface area contributed by atoms with Crippen molar-refractivity contribution in [1.29, 1.82) is 0 Å². The van der Waals surface area contributed by atoms with Crippen LogP contribution in [0.3, 0.4) is 0 Å². The molecule has 5 nitrogen and oxygen atoms in total. The zero-order valence-corrected chi connectivity index (χ0v) is 11.8. The third kappa shape index (κ3) is 3.71. The SMILES string of the molecule is CCCNC(C)(CCn1cc(Cl)c(C)n1)C(=O)O. The van der Waals surface area contributed by atoms with Crippen LogP contribution in [0.25, 0.3) is 0 Å². The first-order valence-electron chi connectivity index (χ1n) is 6.07. The van der Waals surface area contributed by atoms with Crippen molar-refractivity contribution in [3.05, 3.63) is 16.9 Å². The summed E-state index contributed by atoms with van der Waals surface area (Å²) in [7, 11) is 0. The lowest BCUT2D eigenvalue weighted by Gasteiger charge is -2.26. The first kappa shape index (κ1) is 15.0. The highest BCUT2D eigenvalue weighted by atomic mass is 35.5. The number of nitrogens with zero attached hydrogens (tertiary/aromatic N) is 2. The van der Waals surface area contributed by atoms with Gasteiger partial charge in [0.15, 0.2) is 0 Å². The molecule has 0 aliphatic rings. The highest BCUT2D eigenvalue weighted by Gasteiger charge is 2.31. The second kappa shape index (κ2) is 6.20. The van der Waals surface area contributed by atoms with Crippen molar-refractivity contribution in [2.45, 2.75) is 45.7 Å². The fraction of sp³-hybridized carbons (Fsp3) is 0.667. The highest BCUT2D eigenvalue weighted by molar-refractivity contribution is 6.31. The molecule has 1 unspecified atom stereocenters. The molecule has 0 spiro atoms. The second-order valence-corrected chi connectivity index (χ2v) is 5.05. The third-order valence-corrected chi connectivity index (χ3v) is 3.34. The number of carboxylic acids is 1. The Morgan fingerprint density at radius 2 is 2.33 bits per heavy atom. The van der Waals surface area contributed by atoms with Crippen LogP contribution in [0, 0.1) is 6.92 Å². The van der Waals surface area contributed by atoms with Crippen LogP contribution in [0.2, 0.25) is 5.02 Å². The quantitative estimate of drug-likeness (QED) is 0.798. The molecule has 1 aromatic heterocycles. The average molecular weight is 274 g/mol. The van der Waals surface area contributed by atoms with E-state index in [2.05, 4.69) is 10.4 Å². The number of aromatic nitrogens is 2. The minimum Gasteiger partial charge on any atom is -0.480 e.